The molecule has 2 aromatic heterocycles. The largest absolute Gasteiger partial charge is 0.399 e. The molecular weight excluding hydrogens is 408 g/mol. The molecule has 0 spiro atoms. The number of carbonyl (C=O) groups excluding carboxylic acids is 1. The van der Waals surface area contributed by atoms with Gasteiger partial charge in [0, 0.05) is 33.1 Å². The third-order valence-electron chi connectivity index (χ3n) is 5.31. The van der Waals surface area contributed by atoms with Crippen molar-refractivity contribution in [2.45, 2.75) is 0 Å². The van der Waals surface area contributed by atoms with Gasteiger partial charge in [0.05, 0.1) is 16.9 Å². The number of hydrogen-bond acceptors (Lipinski definition) is 3. The minimum atomic E-state index is -0.951. The van der Waals surface area contributed by atoms with Crippen molar-refractivity contribution in [2.75, 3.05) is 5.73 Å². The maximum atomic E-state index is 14.0. The molecule has 3 aromatic carbocycles. The van der Waals surface area contributed by atoms with Gasteiger partial charge in [-0.3, -0.25) is 4.79 Å². The van der Waals surface area contributed by atoms with Crippen LogP contribution in [0.1, 0.15) is 16.1 Å². The number of nitrogens with zero attached hydrogens (tertiary/aromatic N) is 1. The van der Waals surface area contributed by atoms with E-state index in [1.165, 1.54) is 12.1 Å². The molecule has 0 aliphatic rings. The van der Waals surface area contributed by atoms with E-state index >= 15 is 0 Å². The number of fused-ring (bicyclic) bond motifs is 3. The lowest BCUT2D eigenvalue weighted by Gasteiger charge is -2.06. The summed E-state index contributed by atoms with van der Waals surface area (Å²) in [6.45, 7) is 0. The van der Waals surface area contributed by atoms with E-state index < -0.39 is 11.6 Å². The van der Waals surface area contributed by atoms with Crippen molar-refractivity contribution in [3.8, 4) is 11.3 Å². The molecule has 0 amide bonds. The fourth-order valence-electron chi connectivity index (χ4n) is 3.71. The molecule has 3 N–H and O–H groups in total. The standard InChI is InChI=1S/C26H17F2N3O/c27-21-11-7-16(13-22(21)28)25-26-20(19-3-1-2-4-23(19)31-26)14-18(30-25)10-12-24(32)15-5-8-17(29)9-6-15/h1-14,31H,29H2/b12-10+. The van der Waals surface area contributed by atoms with Gasteiger partial charge < -0.3 is 10.7 Å². The molecule has 0 aliphatic carbocycles. The quantitative estimate of drug-likeness (QED) is 0.206. The predicted molar refractivity (Wildman–Crippen MR) is 123 cm³/mol. The molecule has 5 aromatic rings. The van der Waals surface area contributed by atoms with E-state index in [2.05, 4.69) is 9.97 Å². The third-order valence-corrected chi connectivity index (χ3v) is 5.31. The van der Waals surface area contributed by atoms with Crippen molar-refractivity contribution in [1.82, 2.24) is 9.97 Å². The molecule has 6 heteroatoms. The Morgan fingerprint density at radius 2 is 1.69 bits per heavy atom. The van der Waals surface area contributed by atoms with Crippen LogP contribution in [0.15, 0.2) is 78.9 Å². The van der Waals surface area contributed by atoms with Gasteiger partial charge in [-0.2, -0.15) is 0 Å². The number of halogens is 2. The lowest BCUT2D eigenvalue weighted by Crippen LogP contribution is -1.96. The van der Waals surface area contributed by atoms with E-state index in [1.54, 1.807) is 30.3 Å². The molecule has 0 unspecified atom stereocenters. The summed E-state index contributed by atoms with van der Waals surface area (Å²) in [6.07, 6.45) is 3.05. The number of aromatic nitrogens is 2. The van der Waals surface area contributed by atoms with Gasteiger partial charge in [0.15, 0.2) is 17.4 Å². The number of anilines is 1. The van der Waals surface area contributed by atoms with Crippen LogP contribution in [0.3, 0.4) is 0 Å². The summed E-state index contributed by atoms with van der Waals surface area (Å²) >= 11 is 0. The SMILES string of the molecule is Nc1ccc(C(=O)/C=C/c2cc3c([nH]c4ccccc43)c(-c3ccc(F)c(F)c3)n2)cc1. The molecule has 0 bridgehead atoms. The predicted octanol–water partition coefficient (Wildman–Crippen LogP) is 6.14. The molecule has 156 valence electrons. The second kappa shape index (κ2) is 7.74. The van der Waals surface area contributed by atoms with Crippen LogP contribution in [0.5, 0.6) is 0 Å². The van der Waals surface area contributed by atoms with E-state index in [0.29, 0.717) is 33.7 Å². The minimum absolute atomic E-state index is 0.194. The van der Waals surface area contributed by atoms with Gasteiger partial charge in [-0.25, -0.2) is 13.8 Å². The highest BCUT2D eigenvalue weighted by molar-refractivity contribution is 6.12. The smallest absolute Gasteiger partial charge is 0.185 e. The van der Waals surface area contributed by atoms with Crippen molar-refractivity contribution < 1.29 is 13.6 Å². The van der Waals surface area contributed by atoms with Gasteiger partial charge in [0.2, 0.25) is 0 Å². The summed E-state index contributed by atoms with van der Waals surface area (Å²) in [7, 11) is 0. The molecule has 5 rings (SSSR count). The Labute approximate surface area is 182 Å². The Kier molecular flexibility index (Phi) is 4.75. The Bertz CT molecular complexity index is 1520. The van der Waals surface area contributed by atoms with Crippen molar-refractivity contribution in [2.24, 2.45) is 0 Å². The molecule has 4 nitrogen and oxygen atoms in total. The number of pyridine rings is 1. The van der Waals surface area contributed by atoms with Crippen molar-refractivity contribution in [3.05, 3.63) is 102 Å². The Hall–Kier alpha value is -4.32. The van der Waals surface area contributed by atoms with Gasteiger partial charge in [-0.15, -0.1) is 0 Å². The second-order valence-electron chi connectivity index (χ2n) is 7.44. The third kappa shape index (κ3) is 3.52. The lowest BCUT2D eigenvalue weighted by atomic mass is 10.1. The van der Waals surface area contributed by atoms with Crippen LogP contribution in [0.2, 0.25) is 0 Å². The molecule has 0 aliphatic heterocycles. The number of ketones is 1. The van der Waals surface area contributed by atoms with Gasteiger partial charge in [-0.05, 0) is 66.7 Å². The zero-order valence-corrected chi connectivity index (χ0v) is 16.8. The van der Waals surface area contributed by atoms with Crippen molar-refractivity contribution in [3.63, 3.8) is 0 Å². The number of nitrogens with one attached hydrogen (secondary N) is 1. The molecule has 2 heterocycles. The van der Waals surface area contributed by atoms with E-state index in [4.69, 9.17) is 5.73 Å². The zero-order valence-electron chi connectivity index (χ0n) is 16.8. The number of aromatic amines is 1. The maximum absolute atomic E-state index is 14.0. The van der Waals surface area contributed by atoms with Crippen LogP contribution >= 0.6 is 0 Å². The summed E-state index contributed by atoms with van der Waals surface area (Å²) in [5.74, 6) is -2.07. The highest BCUT2D eigenvalue weighted by Crippen LogP contribution is 2.33. The zero-order chi connectivity index (χ0) is 22.2. The van der Waals surface area contributed by atoms with E-state index in [9.17, 15) is 13.6 Å². The minimum Gasteiger partial charge on any atom is -0.399 e. The average Bonchev–Trinajstić information content (AvgIpc) is 3.18. The fraction of sp³-hybridized carbons (Fsp3) is 0. The number of rotatable bonds is 4. The topological polar surface area (TPSA) is 71.8 Å². The van der Waals surface area contributed by atoms with E-state index in [1.807, 2.05) is 30.3 Å². The van der Waals surface area contributed by atoms with Crippen LogP contribution in [0.4, 0.5) is 14.5 Å². The van der Waals surface area contributed by atoms with Crippen LogP contribution in [0.25, 0.3) is 39.1 Å². The molecule has 0 atom stereocenters. The molecule has 0 saturated carbocycles. The van der Waals surface area contributed by atoms with E-state index in [-0.39, 0.29) is 5.78 Å². The number of nitrogens with two attached hydrogens (primary N) is 1. The highest BCUT2D eigenvalue weighted by Gasteiger charge is 2.14. The maximum Gasteiger partial charge on any atom is 0.185 e. The molecular formula is C26H17F2N3O. The van der Waals surface area contributed by atoms with Crippen LogP contribution < -0.4 is 5.73 Å². The number of carbonyl (C=O) groups is 1. The van der Waals surface area contributed by atoms with Crippen LogP contribution in [-0.4, -0.2) is 15.8 Å². The number of para-hydroxylation sites is 1. The summed E-state index contributed by atoms with van der Waals surface area (Å²) < 4.78 is 27.5. The fourth-order valence-corrected chi connectivity index (χ4v) is 3.71. The first-order valence-electron chi connectivity index (χ1n) is 9.94. The summed E-state index contributed by atoms with van der Waals surface area (Å²) in [5, 5.41) is 1.84. The van der Waals surface area contributed by atoms with E-state index in [0.717, 1.165) is 28.4 Å². The Morgan fingerprint density at radius 1 is 0.906 bits per heavy atom. The van der Waals surface area contributed by atoms with Gasteiger partial charge >= 0.3 is 0 Å². The number of nitrogen functional groups attached to an aromatic ring is 1. The first-order chi connectivity index (χ1) is 15.5. The van der Waals surface area contributed by atoms with Crippen LogP contribution in [0, 0.1) is 11.6 Å². The van der Waals surface area contributed by atoms with Crippen molar-refractivity contribution >= 4 is 39.4 Å². The Morgan fingerprint density at radius 3 is 2.47 bits per heavy atom. The first-order valence-corrected chi connectivity index (χ1v) is 9.94. The molecule has 0 radical (unpaired) electrons. The number of H-pyrrole nitrogens is 1. The van der Waals surface area contributed by atoms with Gasteiger partial charge in [-0.1, -0.05) is 18.2 Å². The highest BCUT2D eigenvalue weighted by atomic mass is 19.2. The molecule has 0 fully saturated rings. The van der Waals surface area contributed by atoms with Gasteiger partial charge in [0.1, 0.15) is 0 Å². The summed E-state index contributed by atoms with van der Waals surface area (Å²) in [4.78, 5) is 20.5. The van der Waals surface area contributed by atoms with Crippen LogP contribution in [-0.2, 0) is 0 Å². The first kappa shape index (κ1) is 19.6. The Balaban J connectivity index is 1.66. The molecule has 0 saturated heterocycles. The average molecular weight is 425 g/mol. The van der Waals surface area contributed by atoms with Crippen molar-refractivity contribution in [1.29, 1.82) is 0 Å². The summed E-state index contributed by atoms with van der Waals surface area (Å²) in [6, 6.07) is 19.9. The monoisotopic (exact) mass is 425 g/mol. The lowest BCUT2D eigenvalue weighted by molar-refractivity contribution is 0.104. The normalized spacial score (nSPS) is 11.6. The van der Waals surface area contributed by atoms with Gasteiger partial charge in [0.25, 0.3) is 0 Å². The second-order valence-corrected chi connectivity index (χ2v) is 7.44. The number of hydrogen-bond donors (Lipinski definition) is 2. The summed E-state index contributed by atoms with van der Waals surface area (Å²) in [5.41, 5.74) is 9.78. The molecule has 32 heavy (non-hydrogen) atoms. The number of allylic oxidation sites excluding steroid dienone is 1. The number of benzene rings is 3.